The normalized spacial score (nSPS) is 18.3. The van der Waals surface area contributed by atoms with E-state index in [-0.39, 0.29) is 11.4 Å². The number of hydrogen-bond acceptors (Lipinski definition) is 4. The zero-order valence-electron chi connectivity index (χ0n) is 16.1. The molecule has 2 amide bonds. The van der Waals surface area contributed by atoms with Crippen LogP contribution in [0.4, 0.5) is 4.79 Å². The van der Waals surface area contributed by atoms with Crippen LogP contribution in [0.5, 0.6) is 11.5 Å². The summed E-state index contributed by atoms with van der Waals surface area (Å²) in [5.74, 6) is 1.49. The molecule has 1 saturated carbocycles. The maximum absolute atomic E-state index is 12.7. The largest absolute Gasteiger partial charge is 0.493 e. The van der Waals surface area contributed by atoms with Gasteiger partial charge in [0.1, 0.15) is 0 Å². The minimum Gasteiger partial charge on any atom is -0.493 e. The molecule has 2 aliphatic rings. The van der Waals surface area contributed by atoms with Crippen LogP contribution in [0.2, 0.25) is 0 Å². The molecule has 0 unspecified atom stereocenters. The Morgan fingerprint density at radius 3 is 2.46 bits per heavy atom. The number of benzene rings is 1. The fourth-order valence-electron chi connectivity index (χ4n) is 4.43. The lowest BCUT2D eigenvalue weighted by Crippen LogP contribution is -2.52. The van der Waals surface area contributed by atoms with Crippen molar-refractivity contribution < 1.29 is 19.0 Å². The molecule has 1 aliphatic carbocycles. The van der Waals surface area contributed by atoms with Gasteiger partial charge in [-0.2, -0.15) is 0 Å². The number of fused-ring (bicyclic) bond motifs is 2. The number of hydrogen-bond donors (Lipinski definition) is 1. The molecular formula is C20H30N2O4. The summed E-state index contributed by atoms with van der Waals surface area (Å²) in [5.41, 5.74) is 2.51. The smallest absolute Gasteiger partial charge is 0.317 e. The van der Waals surface area contributed by atoms with E-state index in [2.05, 4.69) is 11.4 Å². The van der Waals surface area contributed by atoms with E-state index in [0.29, 0.717) is 19.7 Å². The van der Waals surface area contributed by atoms with Gasteiger partial charge in [0.25, 0.3) is 0 Å². The Balaban J connectivity index is 1.93. The Morgan fingerprint density at radius 1 is 1.12 bits per heavy atom. The molecule has 0 radical (unpaired) electrons. The fraction of sp³-hybridized carbons (Fsp3) is 0.650. The summed E-state index contributed by atoms with van der Waals surface area (Å²) in [4.78, 5) is 14.6. The zero-order valence-corrected chi connectivity index (χ0v) is 16.1. The summed E-state index contributed by atoms with van der Waals surface area (Å²) >= 11 is 0. The molecule has 1 N–H and O–H groups in total. The molecule has 0 atom stereocenters. The predicted octanol–water partition coefficient (Wildman–Crippen LogP) is 3.08. The number of methoxy groups -OCH3 is 3. The summed E-state index contributed by atoms with van der Waals surface area (Å²) in [7, 11) is 4.97. The maximum atomic E-state index is 12.7. The topological polar surface area (TPSA) is 60.0 Å². The summed E-state index contributed by atoms with van der Waals surface area (Å²) < 4.78 is 16.1. The van der Waals surface area contributed by atoms with Gasteiger partial charge in [-0.05, 0) is 36.1 Å². The number of amides is 2. The summed E-state index contributed by atoms with van der Waals surface area (Å²) in [6.07, 6.45) is 5.89. The molecule has 6 nitrogen and oxygen atoms in total. The Hall–Kier alpha value is -1.95. The Kier molecular flexibility index (Phi) is 5.91. The molecule has 1 aromatic carbocycles. The lowest BCUT2D eigenvalue weighted by atomic mass is 9.66. The highest BCUT2D eigenvalue weighted by Gasteiger charge is 2.42. The molecule has 26 heavy (non-hydrogen) atoms. The van der Waals surface area contributed by atoms with Crippen molar-refractivity contribution in [2.45, 2.75) is 44.1 Å². The van der Waals surface area contributed by atoms with Gasteiger partial charge in [0.15, 0.2) is 11.5 Å². The van der Waals surface area contributed by atoms with Crippen molar-refractivity contribution in [3.63, 3.8) is 0 Å². The average Bonchev–Trinajstić information content (AvgIpc) is 2.67. The van der Waals surface area contributed by atoms with E-state index in [1.54, 1.807) is 21.3 Å². The first kappa shape index (κ1) is 18.8. The second-order valence-electron chi connectivity index (χ2n) is 7.29. The lowest BCUT2D eigenvalue weighted by Gasteiger charge is -2.46. The number of ether oxygens (including phenoxy) is 3. The van der Waals surface area contributed by atoms with Gasteiger partial charge in [0.2, 0.25) is 0 Å². The lowest BCUT2D eigenvalue weighted by molar-refractivity contribution is 0.141. The van der Waals surface area contributed by atoms with Crippen LogP contribution in [-0.2, 0) is 16.7 Å². The number of carbonyl (C=O) groups excluding carboxylic acids is 1. The molecule has 6 heteroatoms. The van der Waals surface area contributed by atoms with Gasteiger partial charge in [0, 0.05) is 32.2 Å². The molecule has 3 rings (SSSR count). The highest BCUT2D eigenvalue weighted by Crippen LogP contribution is 2.47. The van der Waals surface area contributed by atoms with Crippen molar-refractivity contribution in [1.82, 2.24) is 10.2 Å². The number of rotatable bonds is 5. The third kappa shape index (κ3) is 3.61. The number of nitrogens with one attached hydrogen (secondary N) is 1. The molecule has 1 spiro atoms. The van der Waals surface area contributed by atoms with Crippen molar-refractivity contribution in [2.24, 2.45) is 0 Å². The van der Waals surface area contributed by atoms with Gasteiger partial charge in [0.05, 0.1) is 20.8 Å². The quantitative estimate of drug-likeness (QED) is 0.818. The van der Waals surface area contributed by atoms with E-state index in [1.165, 1.54) is 24.8 Å². The Morgan fingerprint density at radius 2 is 1.81 bits per heavy atom. The average molecular weight is 362 g/mol. The SMILES string of the molecule is COCCNC(=O)N1Cc2cc(OC)c(OC)cc2C2(CCCCC2)C1. The van der Waals surface area contributed by atoms with E-state index in [9.17, 15) is 4.79 Å². The van der Waals surface area contributed by atoms with Crippen LogP contribution < -0.4 is 14.8 Å². The van der Waals surface area contributed by atoms with Crippen LogP contribution in [0.1, 0.15) is 43.2 Å². The molecule has 1 heterocycles. The van der Waals surface area contributed by atoms with E-state index in [4.69, 9.17) is 14.2 Å². The van der Waals surface area contributed by atoms with Crippen molar-refractivity contribution in [1.29, 1.82) is 0 Å². The van der Waals surface area contributed by atoms with Crippen LogP contribution in [-0.4, -0.2) is 52.0 Å². The molecule has 144 valence electrons. The van der Waals surface area contributed by atoms with Gasteiger partial charge in [-0.15, -0.1) is 0 Å². The van der Waals surface area contributed by atoms with Gasteiger partial charge in [-0.1, -0.05) is 19.3 Å². The minimum absolute atomic E-state index is 0.0178. The van der Waals surface area contributed by atoms with Crippen LogP contribution in [0, 0.1) is 0 Å². The van der Waals surface area contributed by atoms with Crippen molar-refractivity contribution in [3.8, 4) is 11.5 Å². The number of carbonyl (C=O) groups is 1. The third-order valence-corrected chi connectivity index (χ3v) is 5.72. The van der Waals surface area contributed by atoms with E-state index in [1.807, 2.05) is 11.0 Å². The molecular weight excluding hydrogens is 332 g/mol. The molecule has 1 fully saturated rings. The van der Waals surface area contributed by atoms with Crippen LogP contribution in [0.3, 0.4) is 0 Å². The zero-order chi connectivity index (χ0) is 18.6. The van der Waals surface area contributed by atoms with Crippen molar-refractivity contribution in [2.75, 3.05) is 41.0 Å². The number of nitrogens with zero attached hydrogens (tertiary/aromatic N) is 1. The van der Waals surface area contributed by atoms with Crippen molar-refractivity contribution >= 4 is 6.03 Å². The first-order valence-corrected chi connectivity index (χ1v) is 9.40. The van der Waals surface area contributed by atoms with Crippen molar-refractivity contribution in [3.05, 3.63) is 23.3 Å². The molecule has 0 saturated heterocycles. The highest BCUT2D eigenvalue weighted by molar-refractivity contribution is 5.75. The van der Waals surface area contributed by atoms with Crippen LogP contribution >= 0.6 is 0 Å². The molecule has 0 bridgehead atoms. The monoisotopic (exact) mass is 362 g/mol. The van der Waals surface area contributed by atoms with E-state index >= 15 is 0 Å². The highest BCUT2D eigenvalue weighted by atomic mass is 16.5. The summed E-state index contributed by atoms with van der Waals surface area (Å²) in [6.45, 7) is 2.40. The van der Waals surface area contributed by atoms with E-state index in [0.717, 1.165) is 36.4 Å². The second kappa shape index (κ2) is 8.16. The first-order valence-electron chi connectivity index (χ1n) is 9.40. The Labute approximate surface area is 155 Å². The third-order valence-electron chi connectivity index (χ3n) is 5.72. The van der Waals surface area contributed by atoms with Crippen LogP contribution in [0.15, 0.2) is 12.1 Å². The maximum Gasteiger partial charge on any atom is 0.317 e. The van der Waals surface area contributed by atoms with Gasteiger partial charge >= 0.3 is 6.03 Å². The van der Waals surface area contributed by atoms with E-state index < -0.39 is 0 Å². The van der Waals surface area contributed by atoms with Crippen LogP contribution in [0.25, 0.3) is 0 Å². The molecule has 0 aromatic heterocycles. The van der Waals surface area contributed by atoms with Gasteiger partial charge < -0.3 is 24.4 Å². The fourth-order valence-corrected chi connectivity index (χ4v) is 4.43. The second-order valence-corrected chi connectivity index (χ2v) is 7.29. The molecule has 1 aliphatic heterocycles. The van der Waals surface area contributed by atoms with Gasteiger partial charge in [-0.3, -0.25) is 0 Å². The Bertz CT molecular complexity index is 641. The predicted molar refractivity (Wildman–Crippen MR) is 100.0 cm³/mol. The number of urea groups is 1. The minimum atomic E-state index is -0.0209. The molecule has 1 aromatic rings. The standard InChI is InChI=1S/C20H30N2O4/c1-24-10-9-21-19(23)22-13-15-11-17(25-2)18(26-3)12-16(15)20(14-22)7-5-4-6-8-20/h11-12H,4-10,13-14H2,1-3H3,(H,21,23). The summed E-state index contributed by atoms with van der Waals surface area (Å²) in [5, 5.41) is 2.96. The van der Waals surface area contributed by atoms with Gasteiger partial charge in [-0.25, -0.2) is 4.79 Å². The summed E-state index contributed by atoms with van der Waals surface area (Å²) in [6, 6.07) is 4.16. The first-order chi connectivity index (χ1) is 12.6.